The van der Waals surface area contributed by atoms with Crippen molar-refractivity contribution in [2.45, 2.75) is 26.2 Å². The van der Waals surface area contributed by atoms with E-state index in [2.05, 4.69) is 0 Å². The summed E-state index contributed by atoms with van der Waals surface area (Å²) in [6.07, 6.45) is 1.61. The first-order valence-electron chi connectivity index (χ1n) is 8.80. The maximum Gasteiger partial charge on any atom is 0.307 e. The summed E-state index contributed by atoms with van der Waals surface area (Å²) in [4.78, 5) is 39.5. The first-order chi connectivity index (χ1) is 12.0. The summed E-state index contributed by atoms with van der Waals surface area (Å²) >= 11 is 0. The molecule has 6 heteroatoms. The molecular weight excluding hydrogens is 320 g/mol. The summed E-state index contributed by atoms with van der Waals surface area (Å²) in [6, 6.07) is 7.93. The van der Waals surface area contributed by atoms with Gasteiger partial charge in [0.15, 0.2) is 0 Å². The van der Waals surface area contributed by atoms with Crippen molar-refractivity contribution < 1.29 is 19.5 Å². The number of hydrogen-bond donors (Lipinski definition) is 1. The van der Waals surface area contributed by atoms with Gasteiger partial charge >= 0.3 is 5.97 Å². The predicted octanol–water partition coefficient (Wildman–Crippen LogP) is 1.32. The minimum atomic E-state index is -0.878. The average molecular weight is 344 g/mol. The van der Waals surface area contributed by atoms with Gasteiger partial charge in [0, 0.05) is 26.2 Å². The van der Waals surface area contributed by atoms with Crippen LogP contribution in [0, 0.1) is 18.8 Å². The first kappa shape index (κ1) is 17.5. The molecule has 1 saturated carbocycles. The number of amides is 2. The number of piperazine rings is 1. The van der Waals surface area contributed by atoms with Gasteiger partial charge in [0.1, 0.15) is 0 Å². The van der Waals surface area contributed by atoms with Gasteiger partial charge in [0.25, 0.3) is 0 Å². The lowest BCUT2D eigenvalue weighted by Gasteiger charge is -2.40. The van der Waals surface area contributed by atoms with Crippen LogP contribution in [0.4, 0.5) is 0 Å². The van der Waals surface area contributed by atoms with Crippen LogP contribution in [0.1, 0.15) is 24.0 Å². The van der Waals surface area contributed by atoms with Crippen molar-refractivity contribution in [3.63, 3.8) is 0 Å². The fourth-order valence-corrected chi connectivity index (χ4v) is 3.49. The average Bonchev–Trinajstić information content (AvgIpc) is 2.55. The van der Waals surface area contributed by atoms with E-state index in [4.69, 9.17) is 5.11 Å². The van der Waals surface area contributed by atoms with Crippen LogP contribution in [0.2, 0.25) is 0 Å². The van der Waals surface area contributed by atoms with Gasteiger partial charge < -0.3 is 14.9 Å². The smallest absolute Gasteiger partial charge is 0.307 e. The van der Waals surface area contributed by atoms with Gasteiger partial charge in [-0.1, -0.05) is 29.8 Å². The molecule has 3 rings (SSSR count). The van der Waals surface area contributed by atoms with Crippen LogP contribution in [-0.2, 0) is 20.8 Å². The van der Waals surface area contributed by atoms with E-state index in [0.717, 1.165) is 5.56 Å². The summed E-state index contributed by atoms with van der Waals surface area (Å²) in [5.41, 5.74) is 2.16. The summed E-state index contributed by atoms with van der Waals surface area (Å²) in [6.45, 7) is 4.02. The summed E-state index contributed by atoms with van der Waals surface area (Å²) < 4.78 is 0. The van der Waals surface area contributed by atoms with Crippen LogP contribution in [0.15, 0.2) is 24.3 Å². The zero-order valence-electron chi connectivity index (χ0n) is 14.5. The fraction of sp³-hybridized carbons (Fsp3) is 0.526. The van der Waals surface area contributed by atoms with Crippen molar-refractivity contribution in [3.05, 3.63) is 35.4 Å². The number of hydrogen-bond acceptors (Lipinski definition) is 3. The second-order valence-electron chi connectivity index (χ2n) is 7.00. The molecule has 0 radical (unpaired) electrons. The van der Waals surface area contributed by atoms with Gasteiger partial charge in [0.2, 0.25) is 11.8 Å². The van der Waals surface area contributed by atoms with E-state index in [1.165, 1.54) is 5.56 Å². The van der Waals surface area contributed by atoms with Crippen LogP contribution in [-0.4, -0.2) is 58.9 Å². The zero-order chi connectivity index (χ0) is 18.0. The van der Waals surface area contributed by atoms with Crippen LogP contribution in [0.3, 0.4) is 0 Å². The van der Waals surface area contributed by atoms with Crippen molar-refractivity contribution in [1.29, 1.82) is 0 Å². The number of benzene rings is 1. The van der Waals surface area contributed by atoms with Crippen molar-refractivity contribution in [3.8, 4) is 0 Å². The van der Waals surface area contributed by atoms with Crippen molar-refractivity contribution in [2.75, 3.05) is 26.2 Å². The summed E-state index contributed by atoms with van der Waals surface area (Å²) in [7, 11) is 0. The van der Waals surface area contributed by atoms with Crippen molar-refractivity contribution in [2.24, 2.45) is 11.8 Å². The molecule has 134 valence electrons. The SMILES string of the molecule is Cc1ccc(CC(=O)N2CCN(C(=O)C3CCC3C(=O)O)CC2)cc1. The number of carbonyl (C=O) groups excluding carboxylic acids is 2. The van der Waals surface area contributed by atoms with Crippen LogP contribution in [0.25, 0.3) is 0 Å². The van der Waals surface area contributed by atoms with Gasteiger partial charge in [-0.2, -0.15) is 0 Å². The molecule has 1 saturated heterocycles. The van der Waals surface area contributed by atoms with Crippen LogP contribution in [0.5, 0.6) is 0 Å². The maximum absolute atomic E-state index is 12.5. The molecule has 2 aliphatic rings. The van der Waals surface area contributed by atoms with Gasteiger partial charge in [-0.3, -0.25) is 14.4 Å². The Kier molecular flexibility index (Phi) is 5.06. The highest BCUT2D eigenvalue weighted by Gasteiger charge is 2.43. The second-order valence-corrected chi connectivity index (χ2v) is 7.00. The molecule has 2 amide bonds. The maximum atomic E-state index is 12.5. The van der Waals surface area contributed by atoms with Gasteiger partial charge in [0.05, 0.1) is 18.3 Å². The van der Waals surface area contributed by atoms with Crippen molar-refractivity contribution in [1.82, 2.24) is 9.80 Å². The molecule has 0 aromatic heterocycles. The summed E-state index contributed by atoms with van der Waals surface area (Å²) in [5.74, 6) is -1.79. The quantitative estimate of drug-likeness (QED) is 0.894. The van der Waals surface area contributed by atoms with Crippen molar-refractivity contribution >= 4 is 17.8 Å². The third-order valence-corrected chi connectivity index (χ3v) is 5.33. The Bertz CT molecular complexity index is 663. The number of carboxylic acid groups (broad SMARTS) is 1. The van der Waals surface area contributed by atoms with Gasteiger partial charge in [-0.15, -0.1) is 0 Å². The Labute approximate surface area is 147 Å². The number of aliphatic carboxylic acids is 1. The number of nitrogens with zero attached hydrogens (tertiary/aromatic N) is 2. The number of rotatable bonds is 4. The minimum absolute atomic E-state index is 0.0655. The summed E-state index contributed by atoms with van der Waals surface area (Å²) in [5, 5.41) is 9.10. The minimum Gasteiger partial charge on any atom is -0.481 e. The molecule has 1 aromatic carbocycles. The molecule has 25 heavy (non-hydrogen) atoms. The Hall–Kier alpha value is -2.37. The molecule has 0 bridgehead atoms. The normalized spacial score (nSPS) is 23.1. The third-order valence-electron chi connectivity index (χ3n) is 5.33. The molecule has 1 heterocycles. The van der Waals surface area contributed by atoms with E-state index in [0.29, 0.717) is 45.4 Å². The van der Waals surface area contributed by atoms with Gasteiger partial charge in [-0.05, 0) is 25.3 Å². The highest BCUT2D eigenvalue weighted by atomic mass is 16.4. The molecule has 2 fully saturated rings. The first-order valence-corrected chi connectivity index (χ1v) is 8.80. The molecule has 2 unspecified atom stereocenters. The van der Waals surface area contributed by atoms with E-state index in [-0.39, 0.29) is 17.7 Å². The molecule has 1 aromatic rings. The Morgan fingerprint density at radius 2 is 1.52 bits per heavy atom. The molecule has 1 aliphatic carbocycles. The zero-order valence-corrected chi connectivity index (χ0v) is 14.5. The standard InChI is InChI=1S/C19H24N2O4/c1-13-2-4-14(5-3-13)12-17(22)20-8-10-21(11-9-20)18(23)15-6-7-16(15)19(24)25/h2-5,15-16H,6-12H2,1H3,(H,24,25). The van der Waals surface area contributed by atoms with E-state index in [1.54, 1.807) is 9.80 Å². The Morgan fingerprint density at radius 1 is 0.960 bits per heavy atom. The monoisotopic (exact) mass is 344 g/mol. The lowest BCUT2D eigenvalue weighted by Crippen LogP contribution is -2.54. The lowest BCUT2D eigenvalue weighted by molar-refractivity contribution is -0.157. The lowest BCUT2D eigenvalue weighted by atomic mass is 9.73. The topological polar surface area (TPSA) is 77.9 Å². The van der Waals surface area contributed by atoms with E-state index in [1.807, 2.05) is 31.2 Å². The Morgan fingerprint density at radius 3 is 2.04 bits per heavy atom. The molecule has 1 N–H and O–H groups in total. The van der Waals surface area contributed by atoms with E-state index >= 15 is 0 Å². The number of aryl methyl sites for hydroxylation is 1. The molecular formula is C19H24N2O4. The molecule has 2 atom stereocenters. The van der Waals surface area contributed by atoms with Crippen LogP contribution >= 0.6 is 0 Å². The second kappa shape index (κ2) is 7.25. The van der Waals surface area contributed by atoms with Gasteiger partial charge in [-0.25, -0.2) is 0 Å². The fourth-order valence-electron chi connectivity index (χ4n) is 3.49. The Balaban J connectivity index is 1.49. The van der Waals surface area contributed by atoms with E-state index < -0.39 is 11.9 Å². The van der Waals surface area contributed by atoms with E-state index in [9.17, 15) is 14.4 Å². The molecule has 1 aliphatic heterocycles. The highest BCUT2D eigenvalue weighted by Crippen LogP contribution is 2.36. The third kappa shape index (κ3) is 3.83. The van der Waals surface area contributed by atoms with Crippen LogP contribution < -0.4 is 0 Å². The predicted molar refractivity (Wildman–Crippen MR) is 91.9 cm³/mol. The highest BCUT2D eigenvalue weighted by molar-refractivity contribution is 5.86. The molecule has 0 spiro atoms. The number of carboxylic acids is 1. The molecule has 6 nitrogen and oxygen atoms in total. The number of carbonyl (C=O) groups is 3. The largest absolute Gasteiger partial charge is 0.481 e.